The highest BCUT2D eigenvalue weighted by Crippen LogP contribution is 2.29. The molecule has 1 aromatic heterocycles. The Morgan fingerprint density at radius 2 is 2.05 bits per heavy atom. The van der Waals surface area contributed by atoms with Crippen LogP contribution in [0.4, 0.5) is 11.6 Å². The summed E-state index contributed by atoms with van der Waals surface area (Å²) in [5.41, 5.74) is 0.478. The molecule has 6 nitrogen and oxygen atoms in total. The molecule has 2 rings (SSSR count). The fourth-order valence-electron chi connectivity index (χ4n) is 2.39. The molecule has 1 atom stereocenters. The molecule has 0 amide bonds. The zero-order valence-corrected chi connectivity index (χ0v) is 13.0. The van der Waals surface area contributed by atoms with Crippen molar-refractivity contribution in [3.63, 3.8) is 0 Å². The number of sulfone groups is 1. The lowest BCUT2D eigenvalue weighted by molar-refractivity contribution is 0.571. The van der Waals surface area contributed by atoms with Gasteiger partial charge in [-0.1, -0.05) is 6.92 Å². The minimum absolute atomic E-state index is 0.154. The monoisotopic (exact) mass is 298 g/mol. The van der Waals surface area contributed by atoms with Crippen molar-refractivity contribution in [2.45, 2.75) is 39.2 Å². The zero-order valence-electron chi connectivity index (χ0n) is 12.2. The molecule has 0 spiro atoms. The second-order valence-corrected chi connectivity index (χ2v) is 7.83. The summed E-state index contributed by atoms with van der Waals surface area (Å²) in [6.45, 7) is 6.81. The Morgan fingerprint density at radius 1 is 1.35 bits per heavy atom. The molecule has 0 aromatic carbocycles. The second-order valence-electron chi connectivity index (χ2n) is 5.65. The van der Waals surface area contributed by atoms with Gasteiger partial charge in [-0.25, -0.2) is 18.4 Å². The van der Waals surface area contributed by atoms with Gasteiger partial charge in [0.1, 0.15) is 18.0 Å². The van der Waals surface area contributed by atoms with Crippen LogP contribution < -0.4 is 10.6 Å². The zero-order chi connectivity index (χ0) is 14.8. The first kappa shape index (κ1) is 15.0. The maximum Gasteiger partial charge on any atom is 0.152 e. The van der Waals surface area contributed by atoms with Crippen molar-refractivity contribution in [2.24, 2.45) is 0 Å². The Balaban J connectivity index is 2.18. The van der Waals surface area contributed by atoms with Crippen molar-refractivity contribution in [1.82, 2.24) is 9.97 Å². The number of anilines is 2. The Hall–Kier alpha value is -1.37. The van der Waals surface area contributed by atoms with Crippen LogP contribution in [0.15, 0.2) is 6.33 Å². The normalized spacial score (nSPS) is 24.6. The molecule has 7 heteroatoms. The van der Waals surface area contributed by atoms with Crippen LogP contribution in [0, 0.1) is 6.92 Å². The van der Waals surface area contributed by atoms with Crippen LogP contribution in [0.2, 0.25) is 0 Å². The topological polar surface area (TPSA) is 84.0 Å². The lowest BCUT2D eigenvalue weighted by atomic mass is 10.0. The van der Waals surface area contributed by atoms with E-state index in [1.165, 1.54) is 6.33 Å². The number of nitrogens with one attached hydrogen (secondary N) is 2. The largest absolute Gasteiger partial charge is 0.370 e. The van der Waals surface area contributed by atoms with Crippen molar-refractivity contribution in [3.8, 4) is 0 Å². The third-order valence-corrected chi connectivity index (χ3v) is 5.45. The SMILES string of the molecule is CCCNc1ncnc(NC2(C)CCS(=O)(=O)C2)c1C. The predicted molar refractivity (Wildman–Crippen MR) is 80.8 cm³/mol. The fraction of sp³-hybridized carbons (Fsp3) is 0.692. The summed E-state index contributed by atoms with van der Waals surface area (Å²) in [5.74, 6) is 1.90. The molecule has 1 fully saturated rings. The van der Waals surface area contributed by atoms with Crippen molar-refractivity contribution in [2.75, 3.05) is 28.7 Å². The Labute approximate surface area is 120 Å². The predicted octanol–water partition coefficient (Wildman–Crippen LogP) is 1.60. The first-order valence-corrected chi connectivity index (χ1v) is 8.71. The van der Waals surface area contributed by atoms with Gasteiger partial charge in [0.05, 0.1) is 17.0 Å². The lowest BCUT2D eigenvalue weighted by Crippen LogP contribution is -2.36. The number of rotatable bonds is 5. The summed E-state index contributed by atoms with van der Waals surface area (Å²) >= 11 is 0. The van der Waals surface area contributed by atoms with Gasteiger partial charge >= 0.3 is 0 Å². The first-order chi connectivity index (χ1) is 9.35. The third kappa shape index (κ3) is 3.39. The standard InChI is InChI=1S/C13H22N4O2S/c1-4-6-14-11-10(2)12(16-9-15-11)17-13(3)5-7-20(18,19)8-13/h9H,4-8H2,1-3H3,(H2,14,15,16,17). The van der Waals surface area contributed by atoms with Crippen LogP contribution >= 0.6 is 0 Å². The summed E-state index contributed by atoms with van der Waals surface area (Å²) in [5, 5.41) is 6.53. The molecule has 1 saturated heterocycles. The summed E-state index contributed by atoms with van der Waals surface area (Å²) < 4.78 is 23.3. The highest BCUT2D eigenvalue weighted by Gasteiger charge is 2.38. The van der Waals surface area contributed by atoms with Crippen LogP contribution in [0.3, 0.4) is 0 Å². The molecule has 1 aliphatic rings. The van der Waals surface area contributed by atoms with E-state index in [1.54, 1.807) is 0 Å². The highest BCUT2D eigenvalue weighted by atomic mass is 32.2. The van der Waals surface area contributed by atoms with Gasteiger partial charge in [0.25, 0.3) is 0 Å². The van der Waals surface area contributed by atoms with E-state index >= 15 is 0 Å². The fourth-order valence-corrected chi connectivity index (χ4v) is 4.49. The Kier molecular flexibility index (Phi) is 4.17. The van der Waals surface area contributed by atoms with Gasteiger partial charge in [-0.05, 0) is 26.7 Å². The molecule has 2 heterocycles. The molecule has 1 aromatic rings. The minimum atomic E-state index is -2.93. The van der Waals surface area contributed by atoms with E-state index in [2.05, 4.69) is 27.5 Å². The molecule has 1 aliphatic heterocycles. The summed E-state index contributed by atoms with van der Waals surface area (Å²) in [6.07, 6.45) is 3.12. The van der Waals surface area contributed by atoms with Crippen LogP contribution in [0.5, 0.6) is 0 Å². The van der Waals surface area contributed by atoms with Gasteiger partial charge in [-0.3, -0.25) is 0 Å². The Bertz CT molecular complexity index is 588. The van der Waals surface area contributed by atoms with E-state index in [-0.39, 0.29) is 11.5 Å². The molecular weight excluding hydrogens is 276 g/mol. The average Bonchev–Trinajstić information content (AvgIpc) is 2.65. The van der Waals surface area contributed by atoms with E-state index in [0.717, 1.165) is 24.3 Å². The van der Waals surface area contributed by atoms with E-state index in [1.807, 2.05) is 13.8 Å². The van der Waals surface area contributed by atoms with Gasteiger partial charge in [0.15, 0.2) is 9.84 Å². The van der Waals surface area contributed by atoms with Crippen LogP contribution in [-0.2, 0) is 9.84 Å². The van der Waals surface area contributed by atoms with E-state index in [9.17, 15) is 8.42 Å². The minimum Gasteiger partial charge on any atom is -0.370 e. The van der Waals surface area contributed by atoms with Gasteiger partial charge in [-0.2, -0.15) is 0 Å². The second kappa shape index (κ2) is 5.55. The third-order valence-electron chi connectivity index (χ3n) is 3.55. The molecule has 0 saturated carbocycles. The molecule has 2 N–H and O–H groups in total. The van der Waals surface area contributed by atoms with Gasteiger partial charge in [0, 0.05) is 12.1 Å². The first-order valence-electron chi connectivity index (χ1n) is 6.89. The number of hydrogen-bond donors (Lipinski definition) is 2. The number of hydrogen-bond acceptors (Lipinski definition) is 6. The van der Waals surface area contributed by atoms with Crippen LogP contribution in [-0.4, -0.2) is 42.0 Å². The molecule has 20 heavy (non-hydrogen) atoms. The quantitative estimate of drug-likeness (QED) is 0.859. The van der Waals surface area contributed by atoms with E-state index in [4.69, 9.17) is 0 Å². The van der Waals surface area contributed by atoms with Crippen molar-refractivity contribution < 1.29 is 8.42 Å². The maximum absolute atomic E-state index is 11.6. The maximum atomic E-state index is 11.6. The van der Waals surface area contributed by atoms with E-state index in [0.29, 0.717) is 12.2 Å². The number of nitrogens with zero attached hydrogens (tertiary/aromatic N) is 2. The molecule has 112 valence electrons. The molecule has 0 bridgehead atoms. The lowest BCUT2D eigenvalue weighted by Gasteiger charge is -2.26. The number of aromatic nitrogens is 2. The summed E-state index contributed by atoms with van der Waals surface area (Å²) in [4.78, 5) is 8.47. The summed E-state index contributed by atoms with van der Waals surface area (Å²) in [7, 11) is -2.93. The summed E-state index contributed by atoms with van der Waals surface area (Å²) in [6, 6.07) is 0. The Morgan fingerprint density at radius 3 is 2.65 bits per heavy atom. The average molecular weight is 298 g/mol. The van der Waals surface area contributed by atoms with Crippen molar-refractivity contribution >= 4 is 21.5 Å². The van der Waals surface area contributed by atoms with E-state index < -0.39 is 15.4 Å². The molecular formula is C13H22N4O2S. The smallest absolute Gasteiger partial charge is 0.152 e. The van der Waals surface area contributed by atoms with Crippen LogP contribution in [0.25, 0.3) is 0 Å². The van der Waals surface area contributed by atoms with Crippen molar-refractivity contribution in [1.29, 1.82) is 0 Å². The molecule has 0 aliphatic carbocycles. The highest BCUT2D eigenvalue weighted by molar-refractivity contribution is 7.91. The van der Waals surface area contributed by atoms with Crippen molar-refractivity contribution in [3.05, 3.63) is 11.9 Å². The van der Waals surface area contributed by atoms with Gasteiger partial charge in [-0.15, -0.1) is 0 Å². The molecule has 1 unspecified atom stereocenters. The van der Waals surface area contributed by atoms with Gasteiger partial charge < -0.3 is 10.6 Å². The molecule has 0 radical (unpaired) electrons. The van der Waals surface area contributed by atoms with Gasteiger partial charge in [0.2, 0.25) is 0 Å². The van der Waals surface area contributed by atoms with Crippen LogP contribution in [0.1, 0.15) is 32.3 Å².